The summed E-state index contributed by atoms with van der Waals surface area (Å²) in [5.74, 6) is 0.461. The van der Waals surface area contributed by atoms with E-state index in [1.165, 1.54) is 6.26 Å². The lowest BCUT2D eigenvalue weighted by Gasteiger charge is -2.33. The molecule has 0 aromatic heterocycles. The zero-order valence-corrected chi connectivity index (χ0v) is 13.2. The molecule has 2 aliphatic carbocycles. The summed E-state index contributed by atoms with van der Waals surface area (Å²) in [6.45, 7) is 2.40. The molecular weight excluding hydrogens is 276 g/mol. The second-order valence-electron chi connectivity index (χ2n) is 6.45. The van der Waals surface area contributed by atoms with Gasteiger partial charge in [-0.1, -0.05) is 6.42 Å². The van der Waals surface area contributed by atoms with E-state index in [-0.39, 0.29) is 35.6 Å². The number of nitrogens with two attached hydrogens (primary N) is 1. The van der Waals surface area contributed by atoms with Crippen molar-refractivity contribution in [3.8, 4) is 0 Å². The van der Waals surface area contributed by atoms with E-state index in [1.54, 1.807) is 0 Å². The number of hydrogen-bond acceptors (Lipinski definition) is 4. The number of hydrogen-bond donors (Lipinski definition) is 1. The fourth-order valence-electron chi connectivity index (χ4n) is 3.46. The molecule has 1 amide bonds. The summed E-state index contributed by atoms with van der Waals surface area (Å²) in [4.78, 5) is 14.6. The molecule has 2 fully saturated rings. The van der Waals surface area contributed by atoms with Gasteiger partial charge in [0.2, 0.25) is 5.91 Å². The molecule has 2 N–H and O–H groups in total. The predicted octanol–water partition coefficient (Wildman–Crippen LogP) is 0.786. The lowest BCUT2D eigenvalue weighted by Crippen LogP contribution is -2.47. The normalized spacial score (nSPS) is 28.4. The minimum atomic E-state index is -3.07. The van der Waals surface area contributed by atoms with E-state index in [2.05, 4.69) is 0 Å². The zero-order valence-electron chi connectivity index (χ0n) is 12.4. The Morgan fingerprint density at radius 2 is 1.95 bits per heavy atom. The molecule has 116 valence electrons. The second kappa shape index (κ2) is 6.02. The molecule has 2 saturated carbocycles. The van der Waals surface area contributed by atoms with Gasteiger partial charge in [-0.15, -0.1) is 0 Å². The molecule has 3 atom stereocenters. The van der Waals surface area contributed by atoms with Crippen molar-refractivity contribution < 1.29 is 13.2 Å². The maximum atomic E-state index is 12.8. The monoisotopic (exact) mass is 302 g/mol. The molecule has 0 heterocycles. The van der Waals surface area contributed by atoms with Gasteiger partial charge in [0.15, 0.2) is 0 Å². The number of carbonyl (C=O) groups excluding carboxylic acids is 1. The summed E-state index contributed by atoms with van der Waals surface area (Å²) < 4.78 is 23.0. The highest BCUT2D eigenvalue weighted by atomic mass is 32.2. The number of nitrogens with zero attached hydrogens (tertiary/aromatic N) is 1. The van der Waals surface area contributed by atoms with Gasteiger partial charge in [0, 0.05) is 24.3 Å². The van der Waals surface area contributed by atoms with Crippen molar-refractivity contribution in [3.05, 3.63) is 0 Å². The third-order valence-corrected chi connectivity index (χ3v) is 5.58. The van der Waals surface area contributed by atoms with E-state index in [0.717, 1.165) is 32.1 Å². The smallest absolute Gasteiger partial charge is 0.226 e. The van der Waals surface area contributed by atoms with Crippen LogP contribution in [0.3, 0.4) is 0 Å². The zero-order chi connectivity index (χ0) is 14.9. The lowest BCUT2D eigenvalue weighted by molar-refractivity contribution is -0.138. The highest BCUT2D eigenvalue weighted by Crippen LogP contribution is 2.37. The maximum Gasteiger partial charge on any atom is 0.226 e. The van der Waals surface area contributed by atoms with Crippen molar-refractivity contribution >= 4 is 15.7 Å². The number of amides is 1. The van der Waals surface area contributed by atoms with Crippen LogP contribution in [0.1, 0.15) is 39.0 Å². The minimum absolute atomic E-state index is 0.00242. The van der Waals surface area contributed by atoms with Crippen LogP contribution < -0.4 is 5.73 Å². The van der Waals surface area contributed by atoms with Crippen molar-refractivity contribution in [1.82, 2.24) is 4.90 Å². The van der Waals surface area contributed by atoms with Gasteiger partial charge < -0.3 is 10.6 Å². The van der Waals surface area contributed by atoms with E-state index in [9.17, 15) is 13.2 Å². The van der Waals surface area contributed by atoms with Crippen LogP contribution in [0, 0.1) is 11.8 Å². The van der Waals surface area contributed by atoms with E-state index >= 15 is 0 Å². The third-order valence-electron chi connectivity index (χ3n) is 4.49. The average molecular weight is 302 g/mol. The minimum Gasteiger partial charge on any atom is -0.336 e. The summed E-state index contributed by atoms with van der Waals surface area (Å²) >= 11 is 0. The molecular formula is C14H26N2O3S. The van der Waals surface area contributed by atoms with Crippen LogP contribution in [-0.4, -0.2) is 49.9 Å². The summed E-state index contributed by atoms with van der Waals surface area (Å²) in [5, 5.41) is 0. The summed E-state index contributed by atoms with van der Waals surface area (Å²) in [7, 11) is -3.07. The molecule has 0 aromatic carbocycles. The molecule has 5 nitrogen and oxygen atoms in total. The first-order valence-corrected chi connectivity index (χ1v) is 9.59. The highest BCUT2D eigenvalue weighted by molar-refractivity contribution is 7.90. The highest BCUT2D eigenvalue weighted by Gasteiger charge is 2.42. The third kappa shape index (κ3) is 3.73. The van der Waals surface area contributed by atoms with Gasteiger partial charge in [0.25, 0.3) is 0 Å². The second-order valence-corrected chi connectivity index (χ2v) is 8.64. The van der Waals surface area contributed by atoms with E-state index < -0.39 is 9.84 Å². The molecule has 0 bridgehead atoms. The van der Waals surface area contributed by atoms with Crippen molar-refractivity contribution in [2.75, 3.05) is 18.6 Å². The Morgan fingerprint density at radius 3 is 2.45 bits per heavy atom. The molecule has 0 saturated heterocycles. The molecule has 0 aromatic rings. The SMILES string of the molecule is CC(CS(C)(=O)=O)N(C(=O)[C@@H]1CCC[C@@H]1CN)C1CC1. The van der Waals surface area contributed by atoms with E-state index in [0.29, 0.717) is 6.54 Å². The number of carbonyl (C=O) groups is 1. The molecule has 6 heteroatoms. The number of sulfone groups is 1. The topological polar surface area (TPSA) is 80.5 Å². The summed E-state index contributed by atoms with van der Waals surface area (Å²) in [6, 6.07) is 0.0160. The van der Waals surface area contributed by atoms with Gasteiger partial charge in [-0.3, -0.25) is 4.79 Å². The van der Waals surface area contributed by atoms with Crippen molar-refractivity contribution in [3.63, 3.8) is 0 Å². The first kappa shape index (κ1) is 15.8. The van der Waals surface area contributed by atoms with Crippen molar-refractivity contribution in [1.29, 1.82) is 0 Å². The quantitative estimate of drug-likeness (QED) is 0.786. The Morgan fingerprint density at radius 1 is 1.30 bits per heavy atom. The molecule has 0 spiro atoms. The fraction of sp³-hybridized carbons (Fsp3) is 0.929. The molecule has 1 unspecified atom stereocenters. The van der Waals surface area contributed by atoms with Crippen LogP contribution in [0.15, 0.2) is 0 Å². The Labute approximate surface area is 121 Å². The van der Waals surface area contributed by atoms with Crippen LogP contribution in [0.25, 0.3) is 0 Å². The summed E-state index contributed by atoms with van der Waals surface area (Å²) in [5.41, 5.74) is 5.77. The van der Waals surface area contributed by atoms with Gasteiger partial charge in [-0.05, 0) is 45.1 Å². The van der Waals surface area contributed by atoms with Gasteiger partial charge >= 0.3 is 0 Å². The first-order valence-electron chi connectivity index (χ1n) is 7.53. The average Bonchev–Trinajstić information content (AvgIpc) is 3.03. The van der Waals surface area contributed by atoms with Crippen LogP contribution in [0.4, 0.5) is 0 Å². The van der Waals surface area contributed by atoms with Crippen molar-refractivity contribution in [2.45, 2.75) is 51.1 Å². The van der Waals surface area contributed by atoms with Crippen LogP contribution in [0.2, 0.25) is 0 Å². The van der Waals surface area contributed by atoms with Gasteiger partial charge in [0.1, 0.15) is 9.84 Å². The van der Waals surface area contributed by atoms with Crippen molar-refractivity contribution in [2.24, 2.45) is 17.6 Å². The first-order chi connectivity index (χ1) is 9.33. The number of rotatable bonds is 6. The van der Waals surface area contributed by atoms with E-state index in [1.807, 2.05) is 11.8 Å². The largest absolute Gasteiger partial charge is 0.336 e. The maximum absolute atomic E-state index is 12.8. The van der Waals surface area contributed by atoms with Crippen LogP contribution in [-0.2, 0) is 14.6 Å². The lowest BCUT2D eigenvalue weighted by atomic mass is 9.94. The molecule has 0 aliphatic heterocycles. The Hall–Kier alpha value is -0.620. The van der Waals surface area contributed by atoms with Gasteiger partial charge in [-0.25, -0.2) is 8.42 Å². The molecule has 0 radical (unpaired) electrons. The fourth-order valence-corrected chi connectivity index (χ4v) is 4.50. The Kier molecular flexibility index (Phi) is 4.74. The standard InChI is InChI=1S/C14H26N2O3S/c1-10(9-20(2,18)19)16(12-6-7-12)14(17)13-5-3-4-11(13)8-15/h10-13H,3-9,15H2,1-2H3/t10?,11-,13-/m1/s1. The Balaban J connectivity index is 2.10. The van der Waals surface area contributed by atoms with E-state index in [4.69, 9.17) is 5.73 Å². The Bertz CT molecular complexity index is 459. The molecule has 2 rings (SSSR count). The summed E-state index contributed by atoms with van der Waals surface area (Å²) in [6.07, 6.45) is 6.20. The van der Waals surface area contributed by atoms with Crippen LogP contribution >= 0.6 is 0 Å². The molecule has 2 aliphatic rings. The van der Waals surface area contributed by atoms with Gasteiger partial charge in [-0.2, -0.15) is 0 Å². The van der Waals surface area contributed by atoms with Crippen LogP contribution in [0.5, 0.6) is 0 Å². The predicted molar refractivity (Wildman–Crippen MR) is 78.9 cm³/mol. The van der Waals surface area contributed by atoms with Gasteiger partial charge in [0.05, 0.1) is 5.75 Å². The molecule has 20 heavy (non-hydrogen) atoms.